The van der Waals surface area contributed by atoms with Gasteiger partial charge in [-0.15, -0.1) is 0 Å². The first-order valence-corrected chi connectivity index (χ1v) is 5.41. The summed E-state index contributed by atoms with van der Waals surface area (Å²) in [6.07, 6.45) is 4.39. The molecule has 2 rings (SSSR count). The van der Waals surface area contributed by atoms with E-state index in [0.29, 0.717) is 11.5 Å². The van der Waals surface area contributed by atoms with Gasteiger partial charge in [-0.3, -0.25) is 0 Å². The number of methoxy groups -OCH3 is 1. The van der Waals surface area contributed by atoms with Gasteiger partial charge in [0.2, 0.25) is 0 Å². The van der Waals surface area contributed by atoms with Gasteiger partial charge < -0.3 is 10.1 Å². The molecule has 1 aromatic heterocycles. The lowest BCUT2D eigenvalue weighted by Gasteiger charge is -2.20. The molecule has 1 unspecified atom stereocenters. The molecule has 1 atom stereocenters. The first-order chi connectivity index (χ1) is 7.14. The number of aromatic nitrogens is 1. The minimum absolute atomic E-state index is 0.463. The van der Waals surface area contributed by atoms with E-state index in [1.807, 2.05) is 12.1 Å². The molecule has 0 aromatic carbocycles. The number of hydrogen-bond acceptors (Lipinski definition) is 3. The van der Waals surface area contributed by atoms with E-state index < -0.39 is 0 Å². The van der Waals surface area contributed by atoms with Crippen LogP contribution in [-0.2, 0) is 0 Å². The van der Waals surface area contributed by atoms with Gasteiger partial charge in [0.05, 0.1) is 7.11 Å². The molecule has 0 bridgehead atoms. The van der Waals surface area contributed by atoms with E-state index in [2.05, 4.69) is 24.1 Å². The van der Waals surface area contributed by atoms with E-state index in [1.54, 1.807) is 13.3 Å². The lowest BCUT2D eigenvalue weighted by atomic mass is 10.0. The molecule has 0 saturated heterocycles. The predicted molar refractivity (Wildman–Crippen MR) is 61.2 cm³/mol. The fraction of sp³-hybridized carbons (Fsp3) is 0.583. The molecule has 0 radical (unpaired) electrons. The molecule has 1 saturated carbocycles. The zero-order chi connectivity index (χ0) is 10.9. The van der Waals surface area contributed by atoms with Crippen LogP contribution in [0.4, 0.5) is 5.82 Å². The van der Waals surface area contributed by atoms with Crippen LogP contribution < -0.4 is 10.1 Å². The van der Waals surface area contributed by atoms with Crippen LogP contribution >= 0.6 is 0 Å². The van der Waals surface area contributed by atoms with Crippen LogP contribution in [0.5, 0.6) is 5.75 Å². The summed E-state index contributed by atoms with van der Waals surface area (Å²) in [5, 5.41) is 3.43. The van der Waals surface area contributed by atoms with Crippen molar-refractivity contribution in [1.82, 2.24) is 4.98 Å². The van der Waals surface area contributed by atoms with Gasteiger partial charge in [-0.1, -0.05) is 6.92 Å². The summed E-state index contributed by atoms with van der Waals surface area (Å²) in [7, 11) is 1.67. The van der Waals surface area contributed by atoms with E-state index in [9.17, 15) is 0 Å². The fourth-order valence-electron chi connectivity index (χ4n) is 1.64. The van der Waals surface area contributed by atoms with Gasteiger partial charge in [0.25, 0.3) is 0 Å². The number of hydrogen-bond donors (Lipinski definition) is 1. The zero-order valence-corrected chi connectivity index (χ0v) is 9.58. The van der Waals surface area contributed by atoms with Crippen molar-refractivity contribution >= 4 is 5.82 Å². The van der Waals surface area contributed by atoms with Crippen molar-refractivity contribution < 1.29 is 4.74 Å². The van der Waals surface area contributed by atoms with Gasteiger partial charge in [0, 0.05) is 18.3 Å². The molecular weight excluding hydrogens is 188 g/mol. The topological polar surface area (TPSA) is 34.1 Å². The second kappa shape index (κ2) is 3.72. The lowest BCUT2D eigenvalue weighted by Crippen LogP contribution is -2.25. The Morgan fingerprint density at radius 1 is 1.53 bits per heavy atom. The second-order valence-electron chi connectivity index (χ2n) is 4.60. The normalized spacial score (nSPS) is 19.4. The quantitative estimate of drug-likeness (QED) is 0.822. The number of nitrogens with zero attached hydrogens (tertiary/aromatic N) is 1. The van der Waals surface area contributed by atoms with Crippen molar-refractivity contribution in [1.29, 1.82) is 0 Å². The summed E-state index contributed by atoms with van der Waals surface area (Å²) in [4.78, 5) is 4.28. The van der Waals surface area contributed by atoms with Crippen molar-refractivity contribution in [2.24, 2.45) is 5.41 Å². The smallest absolute Gasteiger partial charge is 0.129 e. The van der Waals surface area contributed by atoms with Crippen LogP contribution in [0.2, 0.25) is 0 Å². The summed E-state index contributed by atoms with van der Waals surface area (Å²) in [5.41, 5.74) is 0.463. The molecule has 3 nitrogen and oxygen atoms in total. The molecule has 1 N–H and O–H groups in total. The summed E-state index contributed by atoms with van der Waals surface area (Å²) in [5.74, 6) is 1.75. The number of rotatable bonds is 4. The first kappa shape index (κ1) is 10.3. The second-order valence-corrected chi connectivity index (χ2v) is 4.60. The van der Waals surface area contributed by atoms with E-state index >= 15 is 0 Å². The van der Waals surface area contributed by atoms with E-state index in [1.165, 1.54) is 12.8 Å². The lowest BCUT2D eigenvalue weighted by molar-refractivity contribution is 0.414. The van der Waals surface area contributed by atoms with Crippen LogP contribution in [0.15, 0.2) is 18.3 Å². The Balaban J connectivity index is 2.03. The number of pyridine rings is 1. The summed E-state index contributed by atoms with van der Waals surface area (Å²) >= 11 is 0. The SMILES string of the molecule is COc1ccnc(NC(C)C2(C)CC2)c1. The van der Waals surface area contributed by atoms with Gasteiger partial charge in [0.15, 0.2) is 0 Å². The standard InChI is InChI=1S/C12H18N2O/c1-9(12(2)5-6-12)14-11-8-10(15-3)4-7-13-11/h4,7-9H,5-6H2,1-3H3,(H,13,14). The molecule has 1 aromatic rings. The maximum absolute atomic E-state index is 5.16. The largest absolute Gasteiger partial charge is 0.497 e. The Labute approximate surface area is 90.9 Å². The molecular formula is C12H18N2O. The van der Waals surface area contributed by atoms with Crippen molar-refractivity contribution in [2.75, 3.05) is 12.4 Å². The molecule has 0 amide bonds. The Morgan fingerprint density at radius 3 is 2.87 bits per heavy atom. The Bertz CT molecular complexity index is 347. The molecule has 82 valence electrons. The maximum Gasteiger partial charge on any atom is 0.129 e. The predicted octanol–water partition coefficient (Wildman–Crippen LogP) is 2.69. The third kappa shape index (κ3) is 2.22. The van der Waals surface area contributed by atoms with Crippen molar-refractivity contribution in [3.05, 3.63) is 18.3 Å². The first-order valence-electron chi connectivity index (χ1n) is 5.41. The molecule has 1 aliphatic carbocycles. The van der Waals surface area contributed by atoms with Crippen LogP contribution in [0.1, 0.15) is 26.7 Å². The molecule has 1 fully saturated rings. The zero-order valence-electron chi connectivity index (χ0n) is 9.58. The summed E-state index contributed by atoms with van der Waals surface area (Å²) in [6.45, 7) is 4.53. The number of nitrogens with one attached hydrogen (secondary N) is 1. The Hall–Kier alpha value is -1.25. The van der Waals surface area contributed by atoms with Gasteiger partial charge in [-0.2, -0.15) is 0 Å². The van der Waals surface area contributed by atoms with Gasteiger partial charge in [-0.25, -0.2) is 4.98 Å². The van der Waals surface area contributed by atoms with Crippen molar-refractivity contribution in [3.63, 3.8) is 0 Å². The highest BCUT2D eigenvalue weighted by Gasteiger charge is 2.42. The van der Waals surface area contributed by atoms with Crippen LogP contribution in [-0.4, -0.2) is 18.1 Å². The monoisotopic (exact) mass is 206 g/mol. The number of ether oxygens (including phenoxy) is 1. The van der Waals surface area contributed by atoms with Crippen molar-refractivity contribution in [2.45, 2.75) is 32.7 Å². The summed E-state index contributed by atoms with van der Waals surface area (Å²) in [6, 6.07) is 4.26. The van der Waals surface area contributed by atoms with Crippen LogP contribution in [0.3, 0.4) is 0 Å². The average Bonchev–Trinajstić information content (AvgIpc) is 2.98. The summed E-state index contributed by atoms with van der Waals surface area (Å²) < 4.78 is 5.16. The Kier molecular flexibility index (Phi) is 2.55. The molecule has 15 heavy (non-hydrogen) atoms. The van der Waals surface area contributed by atoms with Gasteiger partial charge in [0.1, 0.15) is 11.6 Å². The van der Waals surface area contributed by atoms with Gasteiger partial charge >= 0.3 is 0 Å². The number of anilines is 1. The molecule has 3 heteroatoms. The maximum atomic E-state index is 5.16. The molecule has 1 aliphatic rings. The highest BCUT2D eigenvalue weighted by atomic mass is 16.5. The minimum atomic E-state index is 0.463. The van der Waals surface area contributed by atoms with E-state index in [4.69, 9.17) is 4.74 Å². The molecule has 1 heterocycles. The Morgan fingerprint density at radius 2 is 2.27 bits per heavy atom. The molecule has 0 spiro atoms. The average molecular weight is 206 g/mol. The minimum Gasteiger partial charge on any atom is -0.497 e. The highest BCUT2D eigenvalue weighted by Crippen LogP contribution is 2.48. The third-order valence-corrected chi connectivity index (χ3v) is 3.42. The van der Waals surface area contributed by atoms with E-state index in [-0.39, 0.29) is 0 Å². The third-order valence-electron chi connectivity index (χ3n) is 3.42. The fourth-order valence-corrected chi connectivity index (χ4v) is 1.64. The van der Waals surface area contributed by atoms with Crippen LogP contribution in [0.25, 0.3) is 0 Å². The van der Waals surface area contributed by atoms with E-state index in [0.717, 1.165) is 11.6 Å². The van der Waals surface area contributed by atoms with Gasteiger partial charge in [-0.05, 0) is 31.2 Å². The highest BCUT2D eigenvalue weighted by molar-refractivity contribution is 5.42. The van der Waals surface area contributed by atoms with Crippen molar-refractivity contribution in [3.8, 4) is 5.75 Å². The molecule has 0 aliphatic heterocycles. The van der Waals surface area contributed by atoms with Crippen LogP contribution in [0, 0.1) is 5.41 Å².